The maximum atomic E-state index is 12.7. The van der Waals surface area contributed by atoms with Crippen LogP contribution in [0.2, 0.25) is 0 Å². The fourth-order valence-electron chi connectivity index (χ4n) is 2.95. The fraction of sp³-hybridized carbons (Fsp3) is 0.579. The van der Waals surface area contributed by atoms with Gasteiger partial charge in [0.1, 0.15) is 0 Å². The van der Waals surface area contributed by atoms with Gasteiger partial charge in [0.05, 0.1) is 26.4 Å². The summed E-state index contributed by atoms with van der Waals surface area (Å²) in [5, 5.41) is 3.06. The summed E-state index contributed by atoms with van der Waals surface area (Å²) < 4.78 is 15.6. The van der Waals surface area contributed by atoms with Crippen LogP contribution in [0.3, 0.4) is 0 Å². The fourth-order valence-corrected chi connectivity index (χ4v) is 2.95. The highest BCUT2D eigenvalue weighted by Crippen LogP contribution is 2.32. The molecule has 8 nitrogen and oxygen atoms in total. The molecule has 0 radical (unpaired) electrons. The van der Waals surface area contributed by atoms with Gasteiger partial charge in [0.2, 0.25) is 0 Å². The molecule has 0 unspecified atom stereocenters. The molecule has 0 aromatic heterocycles. The maximum absolute atomic E-state index is 12.7. The molecule has 1 fully saturated rings. The standard InChI is InChI=1S/C19H29N3O5/c1-6-27-18(24)22-11-9-21(10-12-22)17(23)20-19(2,3)14-7-8-15(25-4)16(13-14)26-5/h7-8,13H,6,9-12H2,1-5H3,(H,20,23). The normalized spacial score (nSPS) is 14.6. The summed E-state index contributed by atoms with van der Waals surface area (Å²) in [6, 6.07) is 5.41. The van der Waals surface area contributed by atoms with E-state index in [2.05, 4.69) is 5.32 Å². The second-order valence-electron chi connectivity index (χ2n) is 6.80. The number of piperazine rings is 1. The van der Waals surface area contributed by atoms with Crippen LogP contribution in [-0.4, -0.2) is 68.9 Å². The number of hydrogen-bond donors (Lipinski definition) is 1. The number of urea groups is 1. The molecule has 1 aliphatic heterocycles. The van der Waals surface area contributed by atoms with Gasteiger partial charge in [-0.25, -0.2) is 9.59 Å². The van der Waals surface area contributed by atoms with E-state index in [1.54, 1.807) is 30.9 Å². The van der Waals surface area contributed by atoms with Crippen LogP contribution in [0.15, 0.2) is 18.2 Å². The molecule has 0 aliphatic carbocycles. The van der Waals surface area contributed by atoms with Crippen LogP contribution in [-0.2, 0) is 10.3 Å². The van der Waals surface area contributed by atoms with Gasteiger partial charge in [-0.1, -0.05) is 6.07 Å². The van der Waals surface area contributed by atoms with Crippen LogP contribution < -0.4 is 14.8 Å². The average Bonchev–Trinajstić information content (AvgIpc) is 2.67. The summed E-state index contributed by atoms with van der Waals surface area (Å²) in [6.07, 6.45) is -0.330. The summed E-state index contributed by atoms with van der Waals surface area (Å²) in [4.78, 5) is 27.8. The summed E-state index contributed by atoms with van der Waals surface area (Å²) in [6.45, 7) is 7.84. The van der Waals surface area contributed by atoms with Crippen LogP contribution in [0.1, 0.15) is 26.3 Å². The Labute approximate surface area is 160 Å². The van der Waals surface area contributed by atoms with Gasteiger partial charge in [-0.05, 0) is 38.5 Å². The van der Waals surface area contributed by atoms with Gasteiger partial charge in [0.15, 0.2) is 11.5 Å². The van der Waals surface area contributed by atoms with Crippen LogP contribution in [0.4, 0.5) is 9.59 Å². The van der Waals surface area contributed by atoms with Crippen molar-refractivity contribution in [3.63, 3.8) is 0 Å². The molecule has 1 aromatic carbocycles. The minimum Gasteiger partial charge on any atom is -0.493 e. The molecule has 3 amide bonds. The molecule has 1 saturated heterocycles. The van der Waals surface area contributed by atoms with Crippen LogP contribution in [0.25, 0.3) is 0 Å². The third-order valence-corrected chi connectivity index (χ3v) is 4.62. The number of carbonyl (C=O) groups is 2. The third-order valence-electron chi connectivity index (χ3n) is 4.62. The quantitative estimate of drug-likeness (QED) is 0.850. The summed E-state index contributed by atoms with van der Waals surface area (Å²) >= 11 is 0. The topological polar surface area (TPSA) is 80.3 Å². The van der Waals surface area contributed by atoms with Crippen molar-refractivity contribution in [2.45, 2.75) is 26.3 Å². The van der Waals surface area contributed by atoms with Crippen molar-refractivity contribution in [1.29, 1.82) is 0 Å². The number of methoxy groups -OCH3 is 2. The highest BCUT2D eigenvalue weighted by molar-refractivity contribution is 5.76. The largest absolute Gasteiger partial charge is 0.493 e. The molecule has 0 atom stereocenters. The number of ether oxygens (including phenoxy) is 3. The number of rotatable bonds is 5. The van der Waals surface area contributed by atoms with E-state index >= 15 is 0 Å². The Balaban J connectivity index is 1.99. The zero-order valence-corrected chi connectivity index (χ0v) is 16.7. The number of nitrogens with zero attached hydrogens (tertiary/aromatic N) is 2. The Hall–Kier alpha value is -2.64. The van der Waals surface area contributed by atoms with E-state index < -0.39 is 5.54 Å². The SMILES string of the molecule is CCOC(=O)N1CCN(C(=O)NC(C)(C)c2ccc(OC)c(OC)c2)CC1. The molecule has 1 heterocycles. The van der Waals surface area contributed by atoms with Gasteiger partial charge >= 0.3 is 12.1 Å². The lowest BCUT2D eigenvalue weighted by Gasteiger charge is -2.36. The lowest BCUT2D eigenvalue weighted by molar-refractivity contribution is 0.0840. The molecule has 150 valence electrons. The molecule has 0 spiro atoms. The molecule has 27 heavy (non-hydrogen) atoms. The van der Waals surface area contributed by atoms with E-state index in [9.17, 15) is 9.59 Å². The zero-order chi connectivity index (χ0) is 20.0. The molecule has 0 saturated carbocycles. The number of nitrogens with one attached hydrogen (secondary N) is 1. The van der Waals surface area contributed by atoms with Crippen LogP contribution in [0, 0.1) is 0 Å². The van der Waals surface area contributed by atoms with Crippen LogP contribution in [0.5, 0.6) is 11.5 Å². The summed E-state index contributed by atoms with van der Waals surface area (Å²) in [5.74, 6) is 1.25. The van der Waals surface area contributed by atoms with E-state index in [4.69, 9.17) is 14.2 Å². The minimum atomic E-state index is -0.602. The molecule has 1 N–H and O–H groups in total. The van der Waals surface area contributed by atoms with Crippen molar-refractivity contribution in [2.24, 2.45) is 0 Å². The van der Waals surface area contributed by atoms with E-state index in [-0.39, 0.29) is 12.1 Å². The Morgan fingerprint density at radius 2 is 1.63 bits per heavy atom. The molecular formula is C19H29N3O5. The number of amides is 3. The number of benzene rings is 1. The molecule has 1 aliphatic rings. The highest BCUT2D eigenvalue weighted by atomic mass is 16.6. The van der Waals surface area contributed by atoms with Crippen molar-refractivity contribution in [2.75, 3.05) is 47.0 Å². The number of hydrogen-bond acceptors (Lipinski definition) is 5. The lowest BCUT2D eigenvalue weighted by Crippen LogP contribution is -2.55. The summed E-state index contributed by atoms with van der Waals surface area (Å²) in [7, 11) is 3.16. The van der Waals surface area contributed by atoms with Gasteiger partial charge in [-0.3, -0.25) is 0 Å². The Bertz CT molecular complexity index is 669. The molecular weight excluding hydrogens is 350 g/mol. The molecule has 1 aromatic rings. The van der Waals surface area contributed by atoms with Crippen molar-refractivity contribution in [3.05, 3.63) is 23.8 Å². The van der Waals surface area contributed by atoms with Gasteiger partial charge in [0, 0.05) is 26.2 Å². The van der Waals surface area contributed by atoms with Crippen molar-refractivity contribution < 1.29 is 23.8 Å². The highest BCUT2D eigenvalue weighted by Gasteiger charge is 2.29. The smallest absolute Gasteiger partial charge is 0.409 e. The molecule has 0 bridgehead atoms. The first-order chi connectivity index (χ1) is 12.8. The first kappa shape index (κ1) is 20.7. The maximum Gasteiger partial charge on any atom is 0.409 e. The van der Waals surface area contributed by atoms with E-state index in [0.29, 0.717) is 44.3 Å². The van der Waals surface area contributed by atoms with E-state index in [1.807, 2.05) is 32.0 Å². The van der Waals surface area contributed by atoms with Crippen molar-refractivity contribution in [3.8, 4) is 11.5 Å². The Morgan fingerprint density at radius 3 is 2.19 bits per heavy atom. The first-order valence-corrected chi connectivity index (χ1v) is 9.03. The first-order valence-electron chi connectivity index (χ1n) is 9.03. The van der Waals surface area contributed by atoms with Crippen molar-refractivity contribution >= 4 is 12.1 Å². The average molecular weight is 379 g/mol. The predicted octanol–water partition coefficient (Wildman–Crippen LogP) is 2.42. The van der Waals surface area contributed by atoms with Gasteiger partial charge < -0.3 is 29.3 Å². The van der Waals surface area contributed by atoms with Crippen LogP contribution >= 0.6 is 0 Å². The number of carbonyl (C=O) groups excluding carboxylic acids is 2. The molecule has 2 rings (SSSR count). The van der Waals surface area contributed by atoms with Gasteiger partial charge in [-0.15, -0.1) is 0 Å². The summed E-state index contributed by atoms with van der Waals surface area (Å²) in [5.41, 5.74) is 0.299. The third kappa shape index (κ3) is 4.96. The monoisotopic (exact) mass is 379 g/mol. The van der Waals surface area contributed by atoms with E-state index in [0.717, 1.165) is 5.56 Å². The van der Waals surface area contributed by atoms with Gasteiger partial charge in [-0.2, -0.15) is 0 Å². The lowest BCUT2D eigenvalue weighted by atomic mass is 9.94. The second-order valence-corrected chi connectivity index (χ2v) is 6.80. The Morgan fingerprint density at radius 1 is 1.04 bits per heavy atom. The molecule has 8 heteroatoms. The minimum absolute atomic E-state index is 0.168. The van der Waals surface area contributed by atoms with Gasteiger partial charge in [0.25, 0.3) is 0 Å². The zero-order valence-electron chi connectivity index (χ0n) is 16.7. The van der Waals surface area contributed by atoms with Crippen molar-refractivity contribution in [1.82, 2.24) is 15.1 Å². The van der Waals surface area contributed by atoms with E-state index in [1.165, 1.54) is 0 Å². The predicted molar refractivity (Wildman–Crippen MR) is 101 cm³/mol. The Kier molecular flexibility index (Phi) is 6.76. The second kappa shape index (κ2) is 8.83.